The monoisotopic (exact) mass is 298 g/mol. The van der Waals surface area contributed by atoms with E-state index in [0.29, 0.717) is 11.3 Å². The molecule has 114 valence electrons. The highest BCUT2D eigenvalue weighted by atomic mass is 16.5. The van der Waals surface area contributed by atoms with E-state index in [1.165, 1.54) is 7.11 Å². The van der Waals surface area contributed by atoms with Crippen molar-refractivity contribution < 1.29 is 14.3 Å². The number of hydrogen-bond acceptors (Lipinski definition) is 3. The highest BCUT2D eigenvalue weighted by molar-refractivity contribution is 6.05. The molecule has 2 amide bonds. The zero-order valence-corrected chi connectivity index (χ0v) is 12.8. The van der Waals surface area contributed by atoms with Crippen molar-refractivity contribution in [2.24, 2.45) is 0 Å². The summed E-state index contributed by atoms with van der Waals surface area (Å²) in [5, 5.41) is 5.45. The number of carbonyl (C=O) groups is 2. The molecule has 0 heterocycles. The van der Waals surface area contributed by atoms with Gasteiger partial charge in [0.25, 0.3) is 0 Å². The lowest BCUT2D eigenvalue weighted by molar-refractivity contribution is 0.0602. The minimum absolute atomic E-state index is 0.307. The molecule has 0 unspecified atom stereocenters. The lowest BCUT2D eigenvalue weighted by Crippen LogP contribution is -2.21. The van der Waals surface area contributed by atoms with Gasteiger partial charge in [-0.1, -0.05) is 24.3 Å². The second kappa shape index (κ2) is 6.76. The van der Waals surface area contributed by atoms with E-state index in [1.54, 1.807) is 24.3 Å². The molecule has 0 atom stereocenters. The quantitative estimate of drug-likeness (QED) is 0.848. The summed E-state index contributed by atoms with van der Waals surface area (Å²) in [5.41, 5.74) is 3.53. The normalized spacial score (nSPS) is 9.95. The molecule has 2 aromatic carbocycles. The number of nitrogens with one attached hydrogen (secondary N) is 2. The lowest BCUT2D eigenvalue weighted by atomic mass is 10.1. The standard InChI is InChI=1S/C17H18N2O3/c1-11-7-6-10-14(12(11)2)18-17(21)19-15-9-5-4-8-13(15)16(20)22-3/h4-10H,1-3H3,(H2,18,19,21). The fourth-order valence-electron chi connectivity index (χ4n) is 2.04. The number of carbonyl (C=O) groups excluding carboxylic acids is 2. The van der Waals surface area contributed by atoms with Crippen LogP contribution in [0, 0.1) is 13.8 Å². The Bertz CT molecular complexity index is 711. The van der Waals surface area contributed by atoms with Gasteiger partial charge in [0.1, 0.15) is 0 Å². The average molecular weight is 298 g/mol. The predicted octanol–water partition coefficient (Wildman–Crippen LogP) is 3.73. The Kier molecular flexibility index (Phi) is 4.78. The maximum absolute atomic E-state index is 12.1. The van der Waals surface area contributed by atoms with Gasteiger partial charge in [-0.2, -0.15) is 0 Å². The maximum atomic E-state index is 12.1. The van der Waals surface area contributed by atoms with Gasteiger partial charge in [0, 0.05) is 5.69 Å². The number of hydrogen-bond donors (Lipinski definition) is 2. The van der Waals surface area contributed by atoms with Gasteiger partial charge in [0.05, 0.1) is 18.4 Å². The minimum atomic E-state index is -0.498. The molecular formula is C17H18N2O3. The summed E-state index contributed by atoms with van der Waals surface area (Å²) < 4.78 is 4.70. The molecule has 5 nitrogen and oxygen atoms in total. The van der Waals surface area contributed by atoms with Crippen molar-refractivity contribution in [1.82, 2.24) is 0 Å². The van der Waals surface area contributed by atoms with Gasteiger partial charge in [-0.15, -0.1) is 0 Å². The van der Waals surface area contributed by atoms with Crippen LogP contribution in [0.15, 0.2) is 42.5 Å². The molecule has 0 saturated heterocycles. The molecule has 0 radical (unpaired) electrons. The molecule has 22 heavy (non-hydrogen) atoms. The van der Waals surface area contributed by atoms with Crippen LogP contribution in [0.5, 0.6) is 0 Å². The van der Waals surface area contributed by atoms with E-state index in [-0.39, 0.29) is 0 Å². The number of rotatable bonds is 3. The van der Waals surface area contributed by atoms with Gasteiger partial charge in [-0.05, 0) is 43.2 Å². The number of urea groups is 1. The number of esters is 1. The first kappa shape index (κ1) is 15.6. The molecule has 0 saturated carbocycles. The van der Waals surface area contributed by atoms with Gasteiger partial charge >= 0.3 is 12.0 Å². The minimum Gasteiger partial charge on any atom is -0.465 e. The highest BCUT2D eigenvalue weighted by Crippen LogP contribution is 2.20. The zero-order valence-electron chi connectivity index (χ0n) is 12.8. The number of ether oxygens (including phenoxy) is 1. The molecule has 0 fully saturated rings. The Labute approximate surface area is 129 Å². The van der Waals surface area contributed by atoms with Gasteiger partial charge in [-0.3, -0.25) is 0 Å². The number of para-hydroxylation sites is 1. The van der Waals surface area contributed by atoms with Crippen LogP contribution in [-0.4, -0.2) is 19.1 Å². The van der Waals surface area contributed by atoms with E-state index < -0.39 is 12.0 Å². The summed E-state index contributed by atoms with van der Waals surface area (Å²) >= 11 is 0. The smallest absolute Gasteiger partial charge is 0.339 e. The Hall–Kier alpha value is -2.82. The van der Waals surface area contributed by atoms with E-state index in [4.69, 9.17) is 4.74 Å². The molecule has 0 bridgehead atoms. The van der Waals surface area contributed by atoms with Crippen molar-refractivity contribution in [2.45, 2.75) is 13.8 Å². The SMILES string of the molecule is COC(=O)c1ccccc1NC(=O)Nc1cccc(C)c1C. The molecule has 5 heteroatoms. The van der Waals surface area contributed by atoms with Crippen LogP contribution in [0.3, 0.4) is 0 Å². The molecule has 2 rings (SSSR count). The maximum Gasteiger partial charge on any atom is 0.339 e. The number of amides is 2. The van der Waals surface area contributed by atoms with Gasteiger partial charge in [0.2, 0.25) is 0 Å². The molecule has 0 aromatic heterocycles. The topological polar surface area (TPSA) is 67.4 Å². The molecule has 0 aliphatic heterocycles. The highest BCUT2D eigenvalue weighted by Gasteiger charge is 2.13. The van der Waals surface area contributed by atoms with Gasteiger partial charge in [0.15, 0.2) is 0 Å². The van der Waals surface area contributed by atoms with Gasteiger partial charge < -0.3 is 15.4 Å². The van der Waals surface area contributed by atoms with Crippen LogP contribution in [-0.2, 0) is 4.74 Å². The number of aryl methyl sites for hydroxylation is 1. The van der Waals surface area contributed by atoms with Crippen molar-refractivity contribution in [3.8, 4) is 0 Å². The summed E-state index contributed by atoms with van der Waals surface area (Å²) in [6.07, 6.45) is 0. The first-order valence-corrected chi connectivity index (χ1v) is 6.84. The summed E-state index contributed by atoms with van der Waals surface area (Å²) in [4.78, 5) is 23.8. The molecule has 0 aliphatic carbocycles. The van der Waals surface area contributed by atoms with Crippen LogP contribution in [0.25, 0.3) is 0 Å². The van der Waals surface area contributed by atoms with Gasteiger partial charge in [-0.25, -0.2) is 9.59 Å². The van der Waals surface area contributed by atoms with E-state index in [9.17, 15) is 9.59 Å². The van der Waals surface area contributed by atoms with Crippen LogP contribution < -0.4 is 10.6 Å². The fraction of sp³-hybridized carbons (Fsp3) is 0.176. The number of anilines is 2. The summed E-state index contributed by atoms with van der Waals surface area (Å²) in [5.74, 6) is -0.498. The average Bonchev–Trinajstić information content (AvgIpc) is 2.51. The van der Waals surface area contributed by atoms with Crippen molar-refractivity contribution in [2.75, 3.05) is 17.7 Å². The second-order valence-electron chi connectivity index (χ2n) is 4.86. The van der Waals surface area contributed by atoms with E-state index in [1.807, 2.05) is 32.0 Å². The van der Waals surface area contributed by atoms with Crippen LogP contribution in [0.4, 0.5) is 16.2 Å². The first-order chi connectivity index (χ1) is 10.5. The molecule has 0 spiro atoms. The van der Waals surface area contributed by atoms with Crippen LogP contribution in [0.1, 0.15) is 21.5 Å². The summed E-state index contributed by atoms with van der Waals surface area (Å²) in [6, 6.07) is 12.0. The molecule has 2 N–H and O–H groups in total. The van der Waals surface area contributed by atoms with Crippen LogP contribution >= 0.6 is 0 Å². The summed E-state index contributed by atoms with van der Waals surface area (Å²) in [6.45, 7) is 3.91. The third-order valence-corrected chi connectivity index (χ3v) is 3.43. The Morgan fingerprint density at radius 2 is 1.55 bits per heavy atom. The Balaban J connectivity index is 2.16. The predicted molar refractivity (Wildman–Crippen MR) is 86.3 cm³/mol. The third kappa shape index (κ3) is 3.44. The van der Waals surface area contributed by atoms with Crippen molar-refractivity contribution in [3.63, 3.8) is 0 Å². The van der Waals surface area contributed by atoms with Crippen LogP contribution in [0.2, 0.25) is 0 Å². The number of methoxy groups -OCH3 is 1. The van der Waals surface area contributed by atoms with Crippen molar-refractivity contribution in [3.05, 3.63) is 59.2 Å². The number of benzene rings is 2. The molecular weight excluding hydrogens is 280 g/mol. The largest absolute Gasteiger partial charge is 0.465 e. The Morgan fingerprint density at radius 1 is 0.909 bits per heavy atom. The fourth-order valence-corrected chi connectivity index (χ4v) is 2.04. The second-order valence-corrected chi connectivity index (χ2v) is 4.86. The lowest BCUT2D eigenvalue weighted by Gasteiger charge is -2.13. The van der Waals surface area contributed by atoms with E-state index in [0.717, 1.165) is 16.8 Å². The van der Waals surface area contributed by atoms with Crippen molar-refractivity contribution >= 4 is 23.4 Å². The third-order valence-electron chi connectivity index (χ3n) is 3.43. The first-order valence-electron chi connectivity index (χ1n) is 6.84. The summed E-state index contributed by atoms with van der Waals surface area (Å²) in [7, 11) is 1.30. The zero-order chi connectivity index (χ0) is 16.1. The van der Waals surface area contributed by atoms with E-state index in [2.05, 4.69) is 10.6 Å². The molecule has 2 aromatic rings. The Morgan fingerprint density at radius 3 is 2.27 bits per heavy atom. The van der Waals surface area contributed by atoms with Crippen molar-refractivity contribution in [1.29, 1.82) is 0 Å². The van der Waals surface area contributed by atoms with E-state index >= 15 is 0 Å². The molecule has 0 aliphatic rings.